The number of benzene rings is 3. The summed E-state index contributed by atoms with van der Waals surface area (Å²) in [7, 11) is 0. The van der Waals surface area contributed by atoms with Crippen molar-refractivity contribution in [3.05, 3.63) is 90.1 Å². The highest BCUT2D eigenvalue weighted by Gasteiger charge is 2.40. The van der Waals surface area contributed by atoms with E-state index in [4.69, 9.17) is 4.74 Å². The molecule has 0 aromatic heterocycles. The van der Waals surface area contributed by atoms with Crippen molar-refractivity contribution < 1.29 is 32.2 Å². The third-order valence-corrected chi connectivity index (χ3v) is 4.87. The van der Waals surface area contributed by atoms with Crippen LogP contribution in [0.5, 0.6) is 11.5 Å². The Morgan fingerprint density at radius 1 is 0.853 bits per heavy atom. The molecular formula is C25H19F3N2O4. The normalized spacial score (nSPS) is 13.9. The first kappa shape index (κ1) is 22.9. The average molecular weight is 468 g/mol. The van der Waals surface area contributed by atoms with Gasteiger partial charge in [-0.25, -0.2) is 4.90 Å². The Kier molecular flexibility index (Phi) is 6.27. The first-order chi connectivity index (χ1) is 16.3. The average Bonchev–Trinajstić information content (AvgIpc) is 3.03. The van der Waals surface area contributed by atoms with Crippen LogP contribution in [0, 0.1) is 0 Å². The van der Waals surface area contributed by atoms with Crippen LogP contribution in [-0.4, -0.2) is 24.8 Å². The standard InChI is InChI=1S/C25H19F3N2O4/c1-2-33-19-12-7-11-18(15-19)30-23(31)21(16-8-4-3-5-9-16)22(24(30)32)29-17-10-6-13-20(14-17)34-25(26,27)28/h3-15,29H,2H2,1H3. The van der Waals surface area contributed by atoms with Crippen LogP contribution in [0.25, 0.3) is 5.57 Å². The predicted molar refractivity (Wildman–Crippen MR) is 120 cm³/mol. The van der Waals surface area contributed by atoms with E-state index in [0.29, 0.717) is 23.6 Å². The molecule has 0 spiro atoms. The number of ether oxygens (including phenoxy) is 2. The van der Waals surface area contributed by atoms with Crippen molar-refractivity contribution >= 4 is 28.8 Å². The topological polar surface area (TPSA) is 67.9 Å². The van der Waals surface area contributed by atoms with Crippen molar-refractivity contribution in [3.8, 4) is 11.5 Å². The van der Waals surface area contributed by atoms with Crippen molar-refractivity contribution in [2.75, 3.05) is 16.8 Å². The molecule has 1 heterocycles. The summed E-state index contributed by atoms with van der Waals surface area (Å²) in [5, 5.41) is 2.82. The molecule has 0 saturated heterocycles. The zero-order valence-electron chi connectivity index (χ0n) is 17.9. The van der Waals surface area contributed by atoms with Gasteiger partial charge in [-0.2, -0.15) is 0 Å². The molecule has 2 amide bonds. The van der Waals surface area contributed by atoms with E-state index in [1.165, 1.54) is 12.1 Å². The van der Waals surface area contributed by atoms with Crippen molar-refractivity contribution in [1.29, 1.82) is 0 Å². The summed E-state index contributed by atoms with van der Waals surface area (Å²) in [6.07, 6.45) is -4.87. The number of carbonyl (C=O) groups excluding carboxylic acids is 2. The molecule has 6 nitrogen and oxygen atoms in total. The molecule has 0 unspecified atom stereocenters. The fraction of sp³-hybridized carbons (Fsp3) is 0.120. The molecule has 0 aliphatic carbocycles. The quantitative estimate of drug-likeness (QED) is 0.472. The van der Waals surface area contributed by atoms with E-state index in [2.05, 4.69) is 10.1 Å². The lowest BCUT2D eigenvalue weighted by Gasteiger charge is -2.16. The van der Waals surface area contributed by atoms with Crippen LogP contribution in [0.2, 0.25) is 0 Å². The Bertz CT molecular complexity index is 1260. The maximum absolute atomic E-state index is 13.4. The number of hydrogen-bond acceptors (Lipinski definition) is 5. The van der Waals surface area contributed by atoms with Gasteiger partial charge in [-0.05, 0) is 36.8 Å². The lowest BCUT2D eigenvalue weighted by Crippen LogP contribution is -2.32. The van der Waals surface area contributed by atoms with Gasteiger partial charge in [0, 0.05) is 17.8 Å². The molecule has 4 rings (SSSR count). The maximum atomic E-state index is 13.4. The first-order valence-corrected chi connectivity index (χ1v) is 10.3. The number of rotatable bonds is 7. The minimum Gasteiger partial charge on any atom is -0.494 e. The van der Waals surface area contributed by atoms with Gasteiger partial charge in [0.15, 0.2) is 0 Å². The van der Waals surface area contributed by atoms with E-state index >= 15 is 0 Å². The molecule has 1 aliphatic heterocycles. The fourth-order valence-electron chi connectivity index (χ4n) is 3.55. The van der Waals surface area contributed by atoms with Gasteiger partial charge in [0.2, 0.25) is 0 Å². The molecule has 0 atom stereocenters. The van der Waals surface area contributed by atoms with E-state index in [1.54, 1.807) is 54.6 Å². The first-order valence-electron chi connectivity index (χ1n) is 10.3. The molecule has 174 valence electrons. The molecule has 3 aromatic rings. The molecule has 1 aliphatic rings. The lowest BCUT2D eigenvalue weighted by molar-refractivity contribution is -0.274. The minimum atomic E-state index is -4.87. The number of nitrogens with one attached hydrogen (secondary N) is 1. The van der Waals surface area contributed by atoms with Gasteiger partial charge in [-0.1, -0.05) is 42.5 Å². The summed E-state index contributed by atoms with van der Waals surface area (Å²) >= 11 is 0. The molecule has 0 radical (unpaired) electrons. The van der Waals surface area contributed by atoms with Crippen molar-refractivity contribution in [2.24, 2.45) is 0 Å². The van der Waals surface area contributed by atoms with Crippen LogP contribution in [-0.2, 0) is 9.59 Å². The molecular weight excluding hydrogens is 449 g/mol. The van der Waals surface area contributed by atoms with Gasteiger partial charge in [0.1, 0.15) is 17.2 Å². The third kappa shape index (κ3) is 4.88. The zero-order valence-corrected chi connectivity index (χ0v) is 17.9. The van der Waals surface area contributed by atoms with Crippen LogP contribution in [0.1, 0.15) is 12.5 Å². The summed E-state index contributed by atoms with van der Waals surface area (Å²) in [5.41, 5.74) is 0.961. The van der Waals surface area contributed by atoms with Gasteiger partial charge in [0.25, 0.3) is 11.8 Å². The van der Waals surface area contributed by atoms with Gasteiger partial charge >= 0.3 is 6.36 Å². The van der Waals surface area contributed by atoms with Crippen molar-refractivity contribution in [3.63, 3.8) is 0 Å². The molecule has 34 heavy (non-hydrogen) atoms. The number of anilines is 2. The second-order valence-corrected chi connectivity index (χ2v) is 7.19. The van der Waals surface area contributed by atoms with Crippen LogP contribution in [0.3, 0.4) is 0 Å². The minimum absolute atomic E-state index is 0.0674. The zero-order chi connectivity index (χ0) is 24.3. The summed E-state index contributed by atoms with van der Waals surface area (Å²) in [4.78, 5) is 27.9. The number of imide groups is 1. The smallest absolute Gasteiger partial charge is 0.494 e. The Balaban J connectivity index is 1.74. The van der Waals surface area contributed by atoms with Crippen LogP contribution in [0.15, 0.2) is 84.6 Å². The second kappa shape index (κ2) is 9.30. The highest BCUT2D eigenvalue weighted by molar-refractivity contribution is 6.46. The van der Waals surface area contributed by atoms with E-state index in [0.717, 1.165) is 17.0 Å². The maximum Gasteiger partial charge on any atom is 0.573 e. The molecule has 0 saturated carbocycles. The van der Waals surface area contributed by atoms with E-state index < -0.39 is 23.9 Å². The Morgan fingerprint density at radius 2 is 1.56 bits per heavy atom. The number of carbonyl (C=O) groups is 2. The summed E-state index contributed by atoms with van der Waals surface area (Å²) < 4.78 is 47.3. The second-order valence-electron chi connectivity index (χ2n) is 7.19. The van der Waals surface area contributed by atoms with Gasteiger partial charge < -0.3 is 14.8 Å². The predicted octanol–water partition coefficient (Wildman–Crippen LogP) is 5.38. The van der Waals surface area contributed by atoms with Crippen LogP contribution in [0.4, 0.5) is 24.5 Å². The molecule has 3 aromatic carbocycles. The molecule has 0 fully saturated rings. The fourth-order valence-corrected chi connectivity index (χ4v) is 3.55. The number of nitrogens with zero attached hydrogens (tertiary/aromatic N) is 1. The van der Waals surface area contributed by atoms with Gasteiger partial charge in [-0.3, -0.25) is 9.59 Å². The molecule has 9 heteroatoms. The lowest BCUT2D eigenvalue weighted by atomic mass is 10.0. The van der Waals surface area contributed by atoms with Crippen LogP contribution < -0.4 is 19.7 Å². The summed E-state index contributed by atoms with van der Waals surface area (Å²) in [6.45, 7) is 2.22. The molecule has 1 N–H and O–H groups in total. The Hall–Kier alpha value is -4.27. The monoisotopic (exact) mass is 468 g/mol. The van der Waals surface area contributed by atoms with Crippen molar-refractivity contribution in [1.82, 2.24) is 0 Å². The number of hydrogen-bond donors (Lipinski definition) is 1. The van der Waals surface area contributed by atoms with E-state index in [9.17, 15) is 22.8 Å². The Labute approximate surface area is 193 Å². The number of amides is 2. The SMILES string of the molecule is CCOc1cccc(N2C(=O)C(Nc3cccc(OC(F)(F)F)c3)=C(c3ccccc3)C2=O)c1. The number of alkyl halides is 3. The molecule has 0 bridgehead atoms. The summed E-state index contributed by atoms with van der Waals surface area (Å²) in [5.74, 6) is -1.20. The largest absolute Gasteiger partial charge is 0.573 e. The van der Waals surface area contributed by atoms with E-state index in [1.807, 2.05) is 6.92 Å². The highest BCUT2D eigenvalue weighted by Crippen LogP contribution is 2.35. The highest BCUT2D eigenvalue weighted by atomic mass is 19.4. The van der Waals surface area contributed by atoms with Gasteiger partial charge in [-0.15, -0.1) is 13.2 Å². The van der Waals surface area contributed by atoms with Gasteiger partial charge in [0.05, 0.1) is 17.9 Å². The number of halogens is 3. The third-order valence-electron chi connectivity index (χ3n) is 4.87. The Morgan fingerprint density at radius 3 is 2.26 bits per heavy atom. The summed E-state index contributed by atoms with van der Waals surface area (Å²) in [6, 6.07) is 20.1. The van der Waals surface area contributed by atoms with Crippen LogP contribution >= 0.6 is 0 Å². The van der Waals surface area contributed by atoms with Crippen molar-refractivity contribution in [2.45, 2.75) is 13.3 Å². The van der Waals surface area contributed by atoms with E-state index in [-0.39, 0.29) is 17.0 Å².